The Kier molecular flexibility index (Phi) is 4.19. The van der Waals surface area contributed by atoms with Crippen molar-refractivity contribution in [3.05, 3.63) is 34.3 Å². The highest BCUT2D eigenvalue weighted by Crippen LogP contribution is 2.31. The Bertz CT molecular complexity index is 526. The topological polar surface area (TPSA) is 53.5 Å². The first-order valence-corrected chi connectivity index (χ1v) is 6.17. The van der Waals surface area contributed by atoms with E-state index in [-0.39, 0.29) is 0 Å². The average Bonchev–Trinajstić information content (AvgIpc) is 2.41. The standard InChI is InChI=1S/C12H11IN2O3/c1-16-8-3-9(17-2)5-10(4-8)18-12-11(13)6-14-7-15-12/h3-7H,1-2H3. The minimum Gasteiger partial charge on any atom is -0.496 e. The van der Waals surface area contributed by atoms with Crippen molar-refractivity contribution in [1.82, 2.24) is 9.97 Å². The maximum atomic E-state index is 5.68. The highest BCUT2D eigenvalue weighted by Gasteiger charge is 2.07. The maximum absolute atomic E-state index is 5.68. The van der Waals surface area contributed by atoms with Crippen LogP contribution in [0.1, 0.15) is 0 Å². The van der Waals surface area contributed by atoms with E-state index in [4.69, 9.17) is 14.2 Å². The molecule has 0 aliphatic rings. The van der Waals surface area contributed by atoms with E-state index < -0.39 is 0 Å². The molecule has 0 saturated heterocycles. The van der Waals surface area contributed by atoms with Crippen LogP contribution in [0.2, 0.25) is 0 Å². The number of hydrogen-bond acceptors (Lipinski definition) is 5. The van der Waals surface area contributed by atoms with Crippen molar-refractivity contribution in [3.8, 4) is 23.1 Å². The molecule has 0 saturated carbocycles. The number of ether oxygens (including phenoxy) is 3. The lowest BCUT2D eigenvalue weighted by molar-refractivity contribution is 0.384. The van der Waals surface area contributed by atoms with Gasteiger partial charge in [0.2, 0.25) is 5.88 Å². The first-order valence-electron chi connectivity index (χ1n) is 5.09. The predicted molar refractivity (Wildman–Crippen MR) is 74.4 cm³/mol. The first kappa shape index (κ1) is 12.9. The van der Waals surface area contributed by atoms with Gasteiger partial charge in [-0.05, 0) is 22.6 Å². The van der Waals surface area contributed by atoms with Crippen LogP contribution in [0.4, 0.5) is 0 Å². The monoisotopic (exact) mass is 358 g/mol. The minimum absolute atomic E-state index is 0.501. The summed E-state index contributed by atoms with van der Waals surface area (Å²) in [6.07, 6.45) is 3.12. The molecule has 0 spiro atoms. The van der Waals surface area contributed by atoms with Crippen LogP contribution in [0, 0.1) is 3.57 Å². The van der Waals surface area contributed by atoms with Crippen molar-refractivity contribution >= 4 is 22.6 Å². The molecule has 0 aliphatic heterocycles. The summed E-state index contributed by atoms with van der Waals surface area (Å²) in [4.78, 5) is 7.97. The quantitative estimate of drug-likeness (QED) is 0.787. The second kappa shape index (κ2) is 5.85. The SMILES string of the molecule is COc1cc(OC)cc(Oc2ncncc2I)c1. The van der Waals surface area contributed by atoms with Crippen molar-refractivity contribution < 1.29 is 14.2 Å². The molecule has 2 rings (SSSR count). The zero-order valence-corrected chi connectivity index (χ0v) is 12.0. The van der Waals surface area contributed by atoms with Gasteiger partial charge in [-0.2, -0.15) is 0 Å². The second-order valence-electron chi connectivity index (χ2n) is 3.33. The summed E-state index contributed by atoms with van der Waals surface area (Å²) in [6.45, 7) is 0. The van der Waals surface area contributed by atoms with Crippen molar-refractivity contribution in [2.45, 2.75) is 0 Å². The molecule has 0 fully saturated rings. The molecule has 5 nitrogen and oxygen atoms in total. The minimum atomic E-state index is 0.501. The molecule has 0 amide bonds. The van der Waals surface area contributed by atoms with Gasteiger partial charge in [-0.3, -0.25) is 0 Å². The van der Waals surface area contributed by atoms with Crippen LogP contribution >= 0.6 is 22.6 Å². The van der Waals surface area contributed by atoms with Crippen molar-refractivity contribution in [3.63, 3.8) is 0 Å². The Morgan fingerprint density at radius 3 is 2.17 bits per heavy atom. The molecule has 0 unspecified atom stereocenters. The smallest absolute Gasteiger partial charge is 0.235 e. The van der Waals surface area contributed by atoms with Gasteiger partial charge in [-0.1, -0.05) is 0 Å². The van der Waals surface area contributed by atoms with E-state index >= 15 is 0 Å². The van der Waals surface area contributed by atoms with E-state index in [0.717, 1.165) is 3.57 Å². The van der Waals surface area contributed by atoms with Gasteiger partial charge < -0.3 is 14.2 Å². The Hall–Kier alpha value is -1.57. The third kappa shape index (κ3) is 3.00. The van der Waals surface area contributed by atoms with Crippen LogP contribution in [0.15, 0.2) is 30.7 Å². The summed E-state index contributed by atoms with van der Waals surface area (Å²) in [6, 6.07) is 5.30. The summed E-state index contributed by atoms with van der Waals surface area (Å²) in [5, 5.41) is 0. The molecule has 1 aromatic carbocycles. The number of nitrogens with zero attached hydrogens (tertiary/aromatic N) is 2. The Morgan fingerprint density at radius 1 is 1.00 bits per heavy atom. The molecule has 94 valence electrons. The zero-order chi connectivity index (χ0) is 13.0. The normalized spacial score (nSPS) is 9.94. The average molecular weight is 358 g/mol. The molecule has 1 aromatic heterocycles. The second-order valence-corrected chi connectivity index (χ2v) is 4.49. The van der Waals surface area contributed by atoms with Gasteiger partial charge in [0.05, 0.1) is 17.8 Å². The van der Waals surface area contributed by atoms with Crippen molar-refractivity contribution in [2.75, 3.05) is 14.2 Å². The summed E-state index contributed by atoms with van der Waals surface area (Å²) in [7, 11) is 3.18. The van der Waals surface area contributed by atoms with E-state index in [9.17, 15) is 0 Å². The number of hydrogen-bond donors (Lipinski definition) is 0. The number of benzene rings is 1. The largest absolute Gasteiger partial charge is 0.496 e. The zero-order valence-electron chi connectivity index (χ0n) is 9.88. The Balaban J connectivity index is 2.31. The van der Waals surface area contributed by atoms with Crippen LogP contribution in [-0.4, -0.2) is 24.2 Å². The maximum Gasteiger partial charge on any atom is 0.235 e. The number of aromatic nitrogens is 2. The summed E-state index contributed by atoms with van der Waals surface area (Å²) in [5.41, 5.74) is 0. The molecule has 0 bridgehead atoms. The third-order valence-electron chi connectivity index (χ3n) is 2.17. The molecular weight excluding hydrogens is 347 g/mol. The van der Waals surface area contributed by atoms with Crippen molar-refractivity contribution in [1.29, 1.82) is 0 Å². The van der Waals surface area contributed by atoms with Crippen LogP contribution in [0.3, 0.4) is 0 Å². The van der Waals surface area contributed by atoms with E-state index in [1.807, 2.05) is 0 Å². The van der Waals surface area contributed by atoms with Gasteiger partial charge in [0, 0.05) is 24.4 Å². The van der Waals surface area contributed by atoms with E-state index in [0.29, 0.717) is 23.1 Å². The van der Waals surface area contributed by atoms with Gasteiger partial charge in [0.15, 0.2) is 0 Å². The molecule has 2 aromatic rings. The highest BCUT2D eigenvalue weighted by atomic mass is 127. The third-order valence-corrected chi connectivity index (χ3v) is 2.91. The molecule has 0 N–H and O–H groups in total. The lowest BCUT2D eigenvalue weighted by atomic mass is 10.3. The van der Waals surface area contributed by atoms with Gasteiger partial charge in [0.1, 0.15) is 23.6 Å². The van der Waals surface area contributed by atoms with Gasteiger partial charge in [-0.25, -0.2) is 9.97 Å². The molecular formula is C12H11IN2O3. The first-order chi connectivity index (χ1) is 8.72. The fourth-order valence-corrected chi connectivity index (χ4v) is 1.74. The Morgan fingerprint density at radius 2 is 1.61 bits per heavy atom. The lowest BCUT2D eigenvalue weighted by Gasteiger charge is -2.09. The highest BCUT2D eigenvalue weighted by molar-refractivity contribution is 14.1. The van der Waals surface area contributed by atoms with Crippen LogP contribution in [0.5, 0.6) is 23.1 Å². The van der Waals surface area contributed by atoms with Gasteiger partial charge in [-0.15, -0.1) is 0 Å². The summed E-state index contributed by atoms with van der Waals surface area (Å²) in [5.74, 6) is 2.42. The molecule has 18 heavy (non-hydrogen) atoms. The summed E-state index contributed by atoms with van der Waals surface area (Å²) >= 11 is 2.11. The molecule has 1 heterocycles. The number of methoxy groups -OCH3 is 2. The van der Waals surface area contributed by atoms with Gasteiger partial charge >= 0.3 is 0 Å². The molecule has 0 atom stereocenters. The molecule has 0 aliphatic carbocycles. The fourth-order valence-electron chi connectivity index (χ4n) is 1.33. The number of rotatable bonds is 4. The van der Waals surface area contributed by atoms with E-state index in [1.54, 1.807) is 38.6 Å². The van der Waals surface area contributed by atoms with Gasteiger partial charge in [0.25, 0.3) is 0 Å². The van der Waals surface area contributed by atoms with Crippen LogP contribution < -0.4 is 14.2 Å². The van der Waals surface area contributed by atoms with E-state index in [1.165, 1.54) is 6.33 Å². The summed E-state index contributed by atoms with van der Waals surface area (Å²) < 4.78 is 16.8. The predicted octanol–water partition coefficient (Wildman–Crippen LogP) is 2.89. The Labute approximate surface area is 118 Å². The molecule has 6 heteroatoms. The van der Waals surface area contributed by atoms with Crippen molar-refractivity contribution in [2.24, 2.45) is 0 Å². The fraction of sp³-hybridized carbons (Fsp3) is 0.167. The van der Waals surface area contributed by atoms with Crippen LogP contribution in [0.25, 0.3) is 0 Å². The molecule has 0 radical (unpaired) electrons. The van der Waals surface area contributed by atoms with E-state index in [2.05, 4.69) is 32.6 Å². The lowest BCUT2D eigenvalue weighted by Crippen LogP contribution is -1.94. The van der Waals surface area contributed by atoms with Crippen LogP contribution in [-0.2, 0) is 0 Å². The number of halogens is 1.